The molecule has 4 atom stereocenters. The van der Waals surface area contributed by atoms with Gasteiger partial charge in [-0.15, -0.1) is 0 Å². The van der Waals surface area contributed by atoms with Crippen molar-refractivity contribution in [3.63, 3.8) is 0 Å². The molecule has 1 aliphatic heterocycles. The zero-order valence-corrected chi connectivity index (χ0v) is 26.7. The standard InChI is InChI=1S/C32H49IN2O6/c1-2-3-4-5-6-7-8-9-10-17-30(37)35(23-25-14-13-20-40-25)27-21-24(32(39)34-18-19-36)22-29(31(27)38)41-28-16-12-11-15-26(28)33/h11-12,15-16,22,25,27,29,31,36,38H,2-10,13-14,17-21,23H2,1H3,(H,34,39)/t25-,27+,29-,31-/m0/s1. The van der Waals surface area contributed by atoms with Crippen LogP contribution in [0, 0.1) is 3.57 Å². The van der Waals surface area contributed by atoms with Crippen LogP contribution in [-0.4, -0.2) is 77.6 Å². The van der Waals surface area contributed by atoms with E-state index in [4.69, 9.17) is 9.47 Å². The number of aliphatic hydroxyl groups is 2. The predicted molar refractivity (Wildman–Crippen MR) is 169 cm³/mol. The molecule has 1 fully saturated rings. The van der Waals surface area contributed by atoms with Gasteiger partial charge in [-0.2, -0.15) is 0 Å². The summed E-state index contributed by atoms with van der Waals surface area (Å²) in [7, 11) is 0. The Bertz CT molecular complexity index is 967. The van der Waals surface area contributed by atoms with Gasteiger partial charge in [0.1, 0.15) is 18.0 Å². The molecule has 2 aliphatic rings. The first-order chi connectivity index (χ1) is 19.9. The molecule has 0 saturated carbocycles. The average Bonchev–Trinajstić information content (AvgIpc) is 3.49. The van der Waals surface area contributed by atoms with Crippen LogP contribution < -0.4 is 10.1 Å². The summed E-state index contributed by atoms with van der Waals surface area (Å²) in [6.07, 6.45) is 12.7. The molecule has 3 rings (SSSR count). The summed E-state index contributed by atoms with van der Waals surface area (Å²) in [5.74, 6) is 0.268. The number of nitrogens with zero attached hydrogens (tertiary/aromatic N) is 1. The zero-order chi connectivity index (χ0) is 29.5. The van der Waals surface area contributed by atoms with Gasteiger partial charge in [-0.05, 0) is 60.1 Å². The molecular formula is C32H49IN2O6. The fourth-order valence-electron chi connectivity index (χ4n) is 5.63. The Labute approximate surface area is 259 Å². The highest BCUT2D eigenvalue weighted by atomic mass is 127. The third-order valence-corrected chi connectivity index (χ3v) is 8.84. The van der Waals surface area contributed by atoms with Crippen molar-refractivity contribution in [2.24, 2.45) is 0 Å². The summed E-state index contributed by atoms with van der Waals surface area (Å²) in [6.45, 7) is 3.24. The maximum absolute atomic E-state index is 13.7. The average molecular weight is 685 g/mol. The van der Waals surface area contributed by atoms with Crippen molar-refractivity contribution in [1.82, 2.24) is 10.2 Å². The molecule has 0 unspecified atom stereocenters. The van der Waals surface area contributed by atoms with Crippen molar-refractivity contribution in [1.29, 1.82) is 0 Å². The number of rotatable bonds is 18. The van der Waals surface area contributed by atoms with Crippen LogP contribution in [0.15, 0.2) is 35.9 Å². The van der Waals surface area contributed by atoms with E-state index >= 15 is 0 Å². The third-order valence-electron chi connectivity index (χ3n) is 7.95. The van der Waals surface area contributed by atoms with E-state index in [0.29, 0.717) is 30.9 Å². The molecule has 230 valence electrons. The van der Waals surface area contributed by atoms with Gasteiger partial charge in [0.15, 0.2) is 0 Å². The van der Waals surface area contributed by atoms with Gasteiger partial charge in [-0.3, -0.25) is 9.59 Å². The highest BCUT2D eigenvalue weighted by Gasteiger charge is 2.41. The van der Waals surface area contributed by atoms with Crippen LogP contribution in [-0.2, 0) is 14.3 Å². The second-order valence-corrected chi connectivity index (χ2v) is 12.4. The molecule has 0 bridgehead atoms. The van der Waals surface area contributed by atoms with Gasteiger partial charge in [-0.25, -0.2) is 0 Å². The van der Waals surface area contributed by atoms with Crippen LogP contribution in [0.25, 0.3) is 0 Å². The molecule has 1 aromatic rings. The molecule has 8 nitrogen and oxygen atoms in total. The lowest BCUT2D eigenvalue weighted by Crippen LogP contribution is -2.56. The van der Waals surface area contributed by atoms with Crippen molar-refractivity contribution >= 4 is 34.4 Å². The van der Waals surface area contributed by atoms with E-state index in [2.05, 4.69) is 34.8 Å². The lowest BCUT2D eigenvalue weighted by Gasteiger charge is -2.41. The smallest absolute Gasteiger partial charge is 0.247 e. The largest absolute Gasteiger partial charge is 0.482 e. The van der Waals surface area contributed by atoms with E-state index < -0.39 is 18.2 Å². The maximum Gasteiger partial charge on any atom is 0.247 e. The number of amides is 2. The number of unbranched alkanes of at least 4 members (excludes halogenated alkanes) is 8. The molecule has 0 aromatic heterocycles. The normalized spacial score (nSPS) is 22.3. The Morgan fingerprint density at radius 1 is 1.10 bits per heavy atom. The number of hydrogen-bond acceptors (Lipinski definition) is 6. The number of halogens is 1. The van der Waals surface area contributed by atoms with Crippen molar-refractivity contribution < 1.29 is 29.3 Å². The number of carbonyl (C=O) groups is 2. The molecule has 3 N–H and O–H groups in total. The number of para-hydroxylation sites is 1. The lowest BCUT2D eigenvalue weighted by molar-refractivity contribution is -0.141. The first kappa shape index (κ1) is 33.8. The van der Waals surface area contributed by atoms with Crippen LogP contribution in [0.3, 0.4) is 0 Å². The van der Waals surface area contributed by atoms with Crippen LogP contribution >= 0.6 is 22.6 Å². The van der Waals surface area contributed by atoms with E-state index in [9.17, 15) is 19.8 Å². The Balaban J connectivity index is 1.72. The second kappa shape index (κ2) is 18.8. The third kappa shape index (κ3) is 11.1. The minimum Gasteiger partial charge on any atom is -0.482 e. The highest BCUT2D eigenvalue weighted by Crippen LogP contribution is 2.31. The first-order valence-electron chi connectivity index (χ1n) is 15.5. The number of hydrogen-bond donors (Lipinski definition) is 3. The summed E-state index contributed by atoms with van der Waals surface area (Å²) < 4.78 is 13.0. The quantitative estimate of drug-likeness (QED) is 0.146. The second-order valence-electron chi connectivity index (χ2n) is 11.2. The molecular weight excluding hydrogens is 635 g/mol. The van der Waals surface area contributed by atoms with E-state index in [1.54, 1.807) is 11.0 Å². The molecule has 1 aromatic carbocycles. The molecule has 0 spiro atoms. The van der Waals surface area contributed by atoms with Gasteiger partial charge in [0.05, 0.1) is 22.3 Å². The number of benzene rings is 1. The van der Waals surface area contributed by atoms with Crippen molar-refractivity contribution in [2.75, 3.05) is 26.3 Å². The van der Waals surface area contributed by atoms with Gasteiger partial charge in [0.2, 0.25) is 11.8 Å². The topological polar surface area (TPSA) is 108 Å². The molecule has 41 heavy (non-hydrogen) atoms. The van der Waals surface area contributed by atoms with Gasteiger partial charge in [0.25, 0.3) is 0 Å². The summed E-state index contributed by atoms with van der Waals surface area (Å²) in [5.41, 5.74) is 0.443. The Morgan fingerprint density at radius 3 is 2.46 bits per heavy atom. The molecule has 0 radical (unpaired) electrons. The molecule has 2 amide bonds. The van der Waals surface area contributed by atoms with E-state index in [-0.39, 0.29) is 37.5 Å². The molecule has 9 heteroatoms. The molecule has 1 heterocycles. The number of ether oxygens (including phenoxy) is 2. The van der Waals surface area contributed by atoms with Gasteiger partial charge >= 0.3 is 0 Å². The van der Waals surface area contributed by atoms with Crippen molar-refractivity contribution in [2.45, 2.75) is 115 Å². The van der Waals surface area contributed by atoms with Crippen LogP contribution in [0.2, 0.25) is 0 Å². The summed E-state index contributed by atoms with van der Waals surface area (Å²) in [5, 5.41) is 23.5. The monoisotopic (exact) mass is 684 g/mol. The minimum absolute atomic E-state index is 0.0162. The van der Waals surface area contributed by atoms with Crippen LogP contribution in [0.1, 0.15) is 90.4 Å². The predicted octanol–water partition coefficient (Wildman–Crippen LogP) is 5.14. The van der Waals surface area contributed by atoms with Crippen molar-refractivity contribution in [3.05, 3.63) is 39.5 Å². The summed E-state index contributed by atoms with van der Waals surface area (Å²) in [4.78, 5) is 28.5. The van der Waals surface area contributed by atoms with Gasteiger partial charge < -0.3 is 29.9 Å². The Kier molecular flexibility index (Phi) is 15.5. The van der Waals surface area contributed by atoms with Crippen LogP contribution in [0.5, 0.6) is 5.75 Å². The van der Waals surface area contributed by atoms with Crippen LogP contribution in [0.4, 0.5) is 0 Å². The number of aliphatic hydroxyl groups excluding tert-OH is 2. The number of nitrogens with one attached hydrogen (secondary N) is 1. The first-order valence-corrected chi connectivity index (χ1v) is 16.6. The summed E-state index contributed by atoms with van der Waals surface area (Å²) >= 11 is 2.18. The SMILES string of the molecule is CCCCCCCCCCCC(=O)N(C[C@@H]1CCCO1)[C@@H]1CC(C(=O)NCCO)=C[C@H](Oc2ccccc2I)[C@H]1O. The zero-order valence-electron chi connectivity index (χ0n) is 24.6. The van der Waals surface area contributed by atoms with E-state index in [0.717, 1.165) is 35.7 Å². The minimum atomic E-state index is -1.02. The Morgan fingerprint density at radius 2 is 1.80 bits per heavy atom. The number of carbonyl (C=O) groups excluding carboxylic acids is 2. The van der Waals surface area contributed by atoms with E-state index in [1.807, 2.05) is 24.3 Å². The highest BCUT2D eigenvalue weighted by molar-refractivity contribution is 14.1. The van der Waals surface area contributed by atoms with Gasteiger partial charge in [-0.1, -0.05) is 70.4 Å². The molecule has 1 saturated heterocycles. The van der Waals surface area contributed by atoms with Crippen molar-refractivity contribution in [3.8, 4) is 5.75 Å². The molecule has 1 aliphatic carbocycles. The lowest BCUT2D eigenvalue weighted by atomic mass is 9.87. The summed E-state index contributed by atoms with van der Waals surface area (Å²) in [6, 6.07) is 6.89. The van der Waals surface area contributed by atoms with Gasteiger partial charge in [0, 0.05) is 38.1 Å². The fourth-order valence-corrected chi connectivity index (χ4v) is 6.14. The van der Waals surface area contributed by atoms with E-state index in [1.165, 1.54) is 38.5 Å². The maximum atomic E-state index is 13.7. The Hall–Kier alpha value is -1.69. The fraction of sp³-hybridized carbons (Fsp3) is 0.688.